The van der Waals surface area contributed by atoms with Crippen molar-refractivity contribution in [3.05, 3.63) is 93.4 Å². The van der Waals surface area contributed by atoms with Crippen LogP contribution in [0.2, 0.25) is 0 Å². The van der Waals surface area contributed by atoms with E-state index in [4.69, 9.17) is 0 Å². The van der Waals surface area contributed by atoms with Crippen LogP contribution >= 0.6 is 11.8 Å². The van der Waals surface area contributed by atoms with Crippen molar-refractivity contribution in [2.45, 2.75) is 17.0 Å². The molecule has 0 saturated heterocycles. The Labute approximate surface area is 186 Å². The number of hydrogen-bond donors (Lipinski definition) is 1. The first-order valence-electron chi connectivity index (χ1n) is 9.45. The van der Waals surface area contributed by atoms with Gasteiger partial charge in [0.25, 0.3) is 5.69 Å². The lowest BCUT2D eigenvalue weighted by Crippen LogP contribution is -2.03. The number of nitrogens with zero attached hydrogens (tertiary/aromatic N) is 4. The second-order valence-corrected chi connectivity index (χ2v) is 7.80. The molecule has 156 valence electrons. The molecule has 0 aliphatic heterocycles. The number of nitro benzene ring substituents is 1. The van der Waals surface area contributed by atoms with Gasteiger partial charge in [-0.3, -0.25) is 14.9 Å². The fourth-order valence-electron chi connectivity index (χ4n) is 3.31. The minimum atomic E-state index is -0.514. The number of H-pyrrole nitrogens is 1. The van der Waals surface area contributed by atoms with Gasteiger partial charge in [0.2, 0.25) is 5.78 Å². The number of rotatable bonds is 6. The molecule has 4 aromatic rings. The molecule has 0 fully saturated rings. The SMILES string of the molecule is Cc1[nH]c2ccccc2c1C(=O)/C(C#N)=C/c1ccc(Sc2ncccn2)c([N+](=O)[O-])c1. The highest BCUT2D eigenvalue weighted by Gasteiger charge is 2.21. The molecule has 2 heterocycles. The highest BCUT2D eigenvalue weighted by atomic mass is 32.2. The molecule has 0 unspecified atom stereocenters. The number of aromatic nitrogens is 3. The summed E-state index contributed by atoms with van der Waals surface area (Å²) in [5, 5.41) is 22.4. The Morgan fingerprint density at radius 1 is 1.19 bits per heavy atom. The van der Waals surface area contributed by atoms with E-state index in [1.165, 1.54) is 12.1 Å². The summed E-state index contributed by atoms with van der Waals surface area (Å²) in [5.74, 6) is -0.443. The fraction of sp³-hybridized carbons (Fsp3) is 0.0435. The molecule has 0 bridgehead atoms. The van der Waals surface area contributed by atoms with Crippen LogP contribution in [0.3, 0.4) is 0 Å². The molecule has 8 nitrogen and oxygen atoms in total. The van der Waals surface area contributed by atoms with Gasteiger partial charge in [-0.2, -0.15) is 5.26 Å². The number of hydrogen-bond acceptors (Lipinski definition) is 7. The second-order valence-electron chi connectivity index (χ2n) is 6.79. The lowest BCUT2D eigenvalue weighted by atomic mass is 9.99. The normalized spacial score (nSPS) is 11.3. The zero-order valence-electron chi connectivity index (χ0n) is 16.8. The van der Waals surface area contributed by atoms with Crippen LogP contribution in [0.1, 0.15) is 21.6 Å². The van der Waals surface area contributed by atoms with Crippen LogP contribution in [0.15, 0.2) is 76.5 Å². The first-order chi connectivity index (χ1) is 15.5. The molecule has 4 rings (SSSR count). The Bertz CT molecular complexity index is 1420. The molecule has 0 radical (unpaired) electrons. The van der Waals surface area contributed by atoms with Gasteiger partial charge in [-0.1, -0.05) is 24.3 Å². The summed E-state index contributed by atoms with van der Waals surface area (Å²) in [4.78, 5) is 35.9. The molecule has 0 atom stereocenters. The number of nitriles is 1. The van der Waals surface area contributed by atoms with Crippen molar-refractivity contribution >= 4 is 40.2 Å². The predicted molar refractivity (Wildman–Crippen MR) is 120 cm³/mol. The number of nitro groups is 1. The smallest absolute Gasteiger partial charge is 0.283 e. The van der Waals surface area contributed by atoms with Crippen molar-refractivity contribution in [2.75, 3.05) is 0 Å². The third-order valence-corrected chi connectivity index (χ3v) is 5.68. The van der Waals surface area contributed by atoms with Gasteiger partial charge in [0.05, 0.1) is 15.4 Å². The molecule has 2 aromatic heterocycles. The maximum atomic E-state index is 13.1. The van der Waals surface area contributed by atoms with Crippen molar-refractivity contribution in [2.24, 2.45) is 0 Å². The number of para-hydroxylation sites is 1. The van der Waals surface area contributed by atoms with Crippen LogP contribution in [0.5, 0.6) is 0 Å². The molecule has 2 aromatic carbocycles. The largest absolute Gasteiger partial charge is 0.358 e. The first-order valence-corrected chi connectivity index (χ1v) is 10.3. The number of allylic oxidation sites excluding steroid dienone is 1. The Morgan fingerprint density at radius 2 is 1.94 bits per heavy atom. The molecule has 0 spiro atoms. The van der Waals surface area contributed by atoms with E-state index in [2.05, 4.69) is 15.0 Å². The average molecular weight is 441 g/mol. The molecule has 0 saturated carbocycles. The van der Waals surface area contributed by atoms with E-state index in [1.807, 2.05) is 30.3 Å². The summed E-state index contributed by atoms with van der Waals surface area (Å²) in [6.45, 7) is 1.77. The van der Waals surface area contributed by atoms with Crippen LogP contribution < -0.4 is 0 Å². The second kappa shape index (κ2) is 8.83. The number of aromatic amines is 1. The van der Waals surface area contributed by atoms with Crippen LogP contribution in [0, 0.1) is 28.4 Å². The first kappa shape index (κ1) is 21.0. The quantitative estimate of drug-likeness (QED) is 0.110. The average Bonchev–Trinajstić information content (AvgIpc) is 3.14. The minimum absolute atomic E-state index is 0.112. The third-order valence-electron chi connectivity index (χ3n) is 4.72. The molecular formula is C23H15N5O3S. The van der Waals surface area contributed by atoms with E-state index in [-0.39, 0.29) is 11.3 Å². The van der Waals surface area contributed by atoms with E-state index in [0.29, 0.717) is 26.9 Å². The molecule has 32 heavy (non-hydrogen) atoms. The van der Waals surface area contributed by atoms with Crippen LogP contribution in [-0.4, -0.2) is 25.7 Å². The number of aryl methyl sites for hydroxylation is 1. The van der Waals surface area contributed by atoms with Gasteiger partial charge in [-0.05, 0) is 48.5 Å². The van der Waals surface area contributed by atoms with E-state index in [1.54, 1.807) is 37.5 Å². The maximum absolute atomic E-state index is 13.1. The zero-order valence-corrected chi connectivity index (χ0v) is 17.6. The summed E-state index contributed by atoms with van der Waals surface area (Å²) in [7, 11) is 0. The molecule has 0 aliphatic carbocycles. The zero-order chi connectivity index (χ0) is 22.7. The Kier molecular flexibility index (Phi) is 5.79. The summed E-state index contributed by atoms with van der Waals surface area (Å²) < 4.78 is 0. The minimum Gasteiger partial charge on any atom is -0.358 e. The number of ketones is 1. The van der Waals surface area contributed by atoms with E-state index in [9.17, 15) is 20.2 Å². The van der Waals surface area contributed by atoms with Gasteiger partial charge < -0.3 is 4.98 Å². The Balaban J connectivity index is 1.72. The predicted octanol–water partition coefficient (Wildman–Crippen LogP) is 5.12. The number of benzene rings is 2. The van der Waals surface area contributed by atoms with Gasteiger partial charge >= 0.3 is 0 Å². The van der Waals surface area contributed by atoms with E-state index >= 15 is 0 Å². The lowest BCUT2D eigenvalue weighted by molar-refractivity contribution is -0.387. The van der Waals surface area contributed by atoms with Crippen molar-refractivity contribution < 1.29 is 9.72 Å². The summed E-state index contributed by atoms with van der Waals surface area (Å²) in [6.07, 6.45) is 4.47. The monoisotopic (exact) mass is 441 g/mol. The van der Waals surface area contributed by atoms with Gasteiger partial charge in [-0.25, -0.2) is 9.97 Å². The van der Waals surface area contributed by atoms with Gasteiger partial charge in [0.15, 0.2) is 5.16 Å². The van der Waals surface area contributed by atoms with Crippen molar-refractivity contribution in [1.29, 1.82) is 5.26 Å². The maximum Gasteiger partial charge on any atom is 0.283 e. The van der Waals surface area contributed by atoms with Crippen LogP contribution in [0.25, 0.3) is 17.0 Å². The Hall–Kier alpha value is -4.29. The summed E-state index contributed by atoms with van der Waals surface area (Å²) in [6, 6.07) is 15.4. The fourth-order valence-corrected chi connectivity index (χ4v) is 4.11. The highest BCUT2D eigenvalue weighted by Crippen LogP contribution is 2.34. The lowest BCUT2D eigenvalue weighted by Gasteiger charge is -2.04. The van der Waals surface area contributed by atoms with Crippen LogP contribution in [0.4, 0.5) is 5.69 Å². The molecule has 0 amide bonds. The Morgan fingerprint density at radius 3 is 2.66 bits per heavy atom. The number of nitrogens with one attached hydrogen (secondary N) is 1. The highest BCUT2D eigenvalue weighted by molar-refractivity contribution is 7.99. The number of fused-ring (bicyclic) bond motifs is 1. The molecular weight excluding hydrogens is 426 g/mol. The molecule has 9 heteroatoms. The molecule has 1 N–H and O–H groups in total. The molecule has 0 aliphatic rings. The third kappa shape index (κ3) is 4.12. The topological polar surface area (TPSA) is 126 Å². The van der Waals surface area contributed by atoms with Gasteiger partial charge in [-0.15, -0.1) is 0 Å². The summed E-state index contributed by atoms with van der Waals surface area (Å²) in [5.41, 5.74) is 1.96. The van der Waals surface area contributed by atoms with Gasteiger partial charge in [0, 0.05) is 35.1 Å². The summed E-state index contributed by atoms with van der Waals surface area (Å²) >= 11 is 1.06. The van der Waals surface area contributed by atoms with Crippen molar-refractivity contribution in [3.8, 4) is 6.07 Å². The number of carbonyl (C=O) groups is 1. The van der Waals surface area contributed by atoms with Gasteiger partial charge in [0.1, 0.15) is 11.6 Å². The van der Waals surface area contributed by atoms with Crippen LogP contribution in [-0.2, 0) is 0 Å². The number of carbonyl (C=O) groups excluding carboxylic acids is 1. The van der Waals surface area contributed by atoms with Crippen molar-refractivity contribution in [1.82, 2.24) is 15.0 Å². The number of Topliss-reactive ketones (excluding diaryl/α,β-unsaturated/α-hetero) is 1. The van der Waals surface area contributed by atoms with Crippen molar-refractivity contribution in [3.63, 3.8) is 0 Å². The standard InChI is InChI=1S/C23H15N5O3S/c1-14-21(17-5-2-3-6-18(17)27-14)22(29)16(13-24)11-15-7-8-20(19(12-15)28(30)31)32-23-25-9-4-10-26-23/h2-12,27H,1H3/b16-11+. The van der Waals surface area contributed by atoms with E-state index in [0.717, 1.165) is 22.7 Å². The van der Waals surface area contributed by atoms with E-state index < -0.39 is 10.7 Å².